The second kappa shape index (κ2) is 11.5. The van der Waals surface area contributed by atoms with E-state index in [-0.39, 0.29) is 11.9 Å². The molecule has 6 nitrogen and oxygen atoms in total. The van der Waals surface area contributed by atoms with Gasteiger partial charge in [0.05, 0.1) is 24.6 Å². The number of ether oxygens (including phenoxy) is 2. The lowest BCUT2D eigenvalue weighted by atomic mass is 10.1. The van der Waals surface area contributed by atoms with E-state index in [0.717, 1.165) is 22.5 Å². The average molecular weight is 406 g/mol. The van der Waals surface area contributed by atoms with Crippen molar-refractivity contribution in [1.82, 2.24) is 0 Å². The van der Waals surface area contributed by atoms with Crippen molar-refractivity contribution in [2.45, 2.75) is 26.7 Å². The first-order chi connectivity index (χ1) is 14.3. The standard InChI is InChI=1S/C24H26N2O4/c1-17(2)23(27)29-15-13-19-5-9-21(10-6-19)25-26-22-11-7-20(8-12-22)14-16-30-24(28)18(3)4/h5-12H,1,3,13-16H2,2,4H3. The van der Waals surface area contributed by atoms with Crippen LogP contribution < -0.4 is 0 Å². The molecule has 2 rings (SSSR count). The Labute approximate surface area is 176 Å². The van der Waals surface area contributed by atoms with Crippen molar-refractivity contribution in [2.75, 3.05) is 13.2 Å². The average Bonchev–Trinajstić information content (AvgIpc) is 2.73. The van der Waals surface area contributed by atoms with E-state index in [0.29, 0.717) is 37.2 Å². The first-order valence-electron chi connectivity index (χ1n) is 9.60. The van der Waals surface area contributed by atoms with E-state index in [1.807, 2.05) is 48.5 Å². The summed E-state index contributed by atoms with van der Waals surface area (Å²) >= 11 is 0. The lowest BCUT2D eigenvalue weighted by molar-refractivity contribution is -0.139. The number of benzene rings is 2. The van der Waals surface area contributed by atoms with E-state index in [1.54, 1.807) is 13.8 Å². The third kappa shape index (κ3) is 7.83. The zero-order valence-electron chi connectivity index (χ0n) is 17.4. The Morgan fingerprint density at radius 1 is 0.700 bits per heavy atom. The van der Waals surface area contributed by atoms with Gasteiger partial charge in [-0.3, -0.25) is 0 Å². The van der Waals surface area contributed by atoms with Gasteiger partial charge in [-0.25, -0.2) is 9.59 Å². The first-order valence-corrected chi connectivity index (χ1v) is 9.60. The molecule has 0 aromatic heterocycles. The number of esters is 2. The summed E-state index contributed by atoms with van der Waals surface area (Å²) in [5.74, 6) is -0.751. The molecule has 156 valence electrons. The zero-order valence-corrected chi connectivity index (χ0v) is 17.4. The Morgan fingerprint density at radius 2 is 1.03 bits per heavy atom. The molecule has 0 bridgehead atoms. The van der Waals surface area contributed by atoms with Crippen LogP contribution in [0.4, 0.5) is 11.4 Å². The SMILES string of the molecule is C=C(C)C(=O)OCCc1ccc(N=Nc2ccc(CCOC(=O)C(=C)C)cc2)cc1. The topological polar surface area (TPSA) is 77.3 Å². The number of hydrogen-bond donors (Lipinski definition) is 0. The minimum absolute atomic E-state index is 0.311. The number of carbonyl (C=O) groups excluding carboxylic acids is 2. The van der Waals surface area contributed by atoms with Crippen molar-refractivity contribution in [2.24, 2.45) is 10.2 Å². The van der Waals surface area contributed by atoms with Gasteiger partial charge in [0.1, 0.15) is 0 Å². The predicted octanol–water partition coefficient (Wildman–Crippen LogP) is 5.43. The van der Waals surface area contributed by atoms with Gasteiger partial charge >= 0.3 is 11.9 Å². The van der Waals surface area contributed by atoms with Gasteiger partial charge in [0.25, 0.3) is 0 Å². The molecule has 0 heterocycles. The molecule has 6 heteroatoms. The highest BCUT2D eigenvalue weighted by molar-refractivity contribution is 5.87. The summed E-state index contributed by atoms with van der Waals surface area (Å²) in [7, 11) is 0. The second-order valence-electron chi connectivity index (χ2n) is 6.87. The van der Waals surface area contributed by atoms with E-state index < -0.39 is 0 Å². The lowest BCUT2D eigenvalue weighted by Gasteiger charge is -2.05. The van der Waals surface area contributed by atoms with Gasteiger partial charge in [-0.2, -0.15) is 10.2 Å². The van der Waals surface area contributed by atoms with Crippen LogP contribution in [-0.2, 0) is 31.9 Å². The lowest BCUT2D eigenvalue weighted by Crippen LogP contribution is -2.07. The highest BCUT2D eigenvalue weighted by Crippen LogP contribution is 2.19. The summed E-state index contributed by atoms with van der Waals surface area (Å²) in [4.78, 5) is 22.7. The highest BCUT2D eigenvalue weighted by atomic mass is 16.5. The van der Waals surface area contributed by atoms with Crippen LogP contribution >= 0.6 is 0 Å². The fourth-order valence-corrected chi connectivity index (χ4v) is 2.34. The summed E-state index contributed by atoms with van der Waals surface area (Å²) in [5, 5.41) is 8.47. The van der Waals surface area contributed by atoms with Gasteiger partial charge in [0.2, 0.25) is 0 Å². The summed E-state index contributed by atoms with van der Waals surface area (Å²) in [5.41, 5.74) is 4.33. The number of hydrogen-bond acceptors (Lipinski definition) is 6. The zero-order chi connectivity index (χ0) is 21.9. The number of azo groups is 1. The van der Waals surface area contributed by atoms with E-state index >= 15 is 0 Å². The Hall–Kier alpha value is -3.54. The fourth-order valence-electron chi connectivity index (χ4n) is 2.34. The summed E-state index contributed by atoms with van der Waals surface area (Å²) in [6, 6.07) is 15.2. The molecule has 0 unspecified atom stereocenters. The van der Waals surface area contributed by atoms with Crippen LogP contribution in [0.5, 0.6) is 0 Å². The summed E-state index contributed by atoms with van der Waals surface area (Å²) in [6.45, 7) is 11.0. The normalized spacial score (nSPS) is 10.6. The van der Waals surface area contributed by atoms with Gasteiger partial charge in [-0.15, -0.1) is 0 Å². The molecule has 0 saturated carbocycles. The Balaban J connectivity index is 1.81. The molecule has 2 aromatic carbocycles. The van der Waals surface area contributed by atoms with Crippen molar-refractivity contribution in [3.05, 3.63) is 84.0 Å². The Bertz CT molecular complexity index is 851. The third-order valence-corrected chi connectivity index (χ3v) is 4.10. The Kier molecular flexibility index (Phi) is 8.69. The quantitative estimate of drug-likeness (QED) is 0.300. The predicted molar refractivity (Wildman–Crippen MR) is 116 cm³/mol. The molecule has 0 aliphatic heterocycles. The van der Waals surface area contributed by atoms with E-state index in [2.05, 4.69) is 23.4 Å². The van der Waals surface area contributed by atoms with Crippen LogP contribution in [0.15, 0.2) is 83.1 Å². The van der Waals surface area contributed by atoms with Gasteiger partial charge in [0.15, 0.2) is 0 Å². The molecule has 0 aliphatic carbocycles. The van der Waals surface area contributed by atoms with Crippen LogP contribution in [-0.4, -0.2) is 25.2 Å². The summed E-state index contributed by atoms with van der Waals surface area (Å²) in [6.07, 6.45) is 1.25. The second-order valence-corrected chi connectivity index (χ2v) is 6.87. The molecule has 0 saturated heterocycles. The van der Waals surface area contributed by atoms with Crippen LogP contribution in [0.3, 0.4) is 0 Å². The fraction of sp³-hybridized carbons (Fsp3) is 0.250. The number of carbonyl (C=O) groups is 2. The van der Waals surface area contributed by atoms with Gasteiger partial charge in [-0.1, -0.05) is 37.4 Å². The van der Waals surface area contributed by atoms with Gasteiger partial charge < -0.3 is 9.47 Å². The monoisotopic (exact) mass is 406 g/mol. The molecule has 0 fully saturated rings. The van der Waals surface area contributed by atoms with Crippen molar-refractivity contribution in [3.63, 3.8) is 0 Å². The van der Waals surface area contributed by atoms with Crippen molar-refractivity contribution < 1.29 is 19.1 Å². The van der Waals surface area contributed by atoms with Gasteiger partial charge in [-0.05, 0) is 49.2 Å². The van der Waals surface area contributed by atoms with Gasteiger partial charge in [0, 0.05) is 24.0 Å². The maximum Gasteiger partial charge on any atom is 0.333 e. The maximum atomic E-state index is 11.4. The van der Waals surface area contributed by atoms with Crippen molar-refractivity contribution in [1.29, 1.82) is 0 Å². The molecule has 0 atom stereocenters. The minimum Gasteiger partial charge on any atom is -0.462 e. The minimum atomic E-state index is -0.376. The van der Waals surface area contributed by atoms with Crippen LogP contribution in [0.2, 0.25) is 0 Å². The molecule has 2 aromatic rings. The smallest absolute Gasteiger partial charge is 0.333 e. The molecule has 0 N–H and O–H groups in total. The highest BCUT2D eigenvalue weighted by Gasteiger charge is 2.04. The van der Waals surface area contributed by atoms with Crippen LogP contribution in [0.1, 0.15) is 25.0 Å². The molecule has 0 radical (unpaired) electrons. The van der Waals surface area contributed by atoms with Crippen LogP contribution in [0.25, 0.3) is 0 Å². The molecular formula is C24H26N2O4. The molecular weight excluding hydrogens is 380 g/mol. The van der Waals surface area contributed by atoms with E-state index in [4.69, 9.17) is 9.47 Å². The Morgan fingerprint density at radius 3 is 1.33 bits per heavy atom. The van der Waals surface area contributed by atoms with Crippen molar-refractivity contribution >= 4 is 23.3 Å². The van der Waals surface area contributed by atoms with E-state index in [9.17, 15) is 9.59 Å². The molecule has 30 heavy (non-hydrogen) atoms. The molecule has 0 amide bonds. The molecule has 0 spiro atoms. The van der Waals surface area contributed by atoms with E-state index in [1.165, 1.54) is 0 Å². The van der Waals surface area contributed by atoms with Crippen molar-refractivity contribution in [3.8, 4) is 0 Å². The number of nitrogens with zero attached hydrogens (tertiary/aromatic N) is 2. The number of rotatable bonds is 10. The maximum absolute atomic E-state index is 11.4. The molecule has 0 aliphatic rings. The van der Waals surface area contributed by atoms with Crippen LogP contribution in [0, 0.1) is 0 Å². The third-order valence-electron chi connectivity index (χ3n) is 4.10. The first kappa shape index (κ1) is 22.7. The largest absolute Gasteiger partial charge is 0.462 e. The summed E-state index contributed by atoms with van der Waals surface area (Å²) < 4.78 is 10.2.